The minimum Gasteiger partial charge on any atom is -0.324 e. The number of imide groups is 1. The van der Waals surface area contributed by atoms with E-state index in [0.717, 1.165) is 33.3 Å². The maximum absolute atomic E-state index is 13.2. The first-order valence-corrected chi connectivity index (χ1v) is 9.57. The molecule has 0 aromatic heterocycles. The lowest BCUT2D eigenvalue weighted by molar-refractivity contribution is -0.134. The first-order valence-electron chi connectivity index (χ1n) is 8.78. The molecule has 138 valence electrons. The van der Waals surface area contributed by atoms with Crippen LogP contribution in [0, 0.1) is 0 Å². The fourth-order valence-corrected chi connectivity index (χ4v) is 4.23. The molecule has 1 aliphatic heterocycles. The molecule has 4 amide bonds. The minimum atomic E-state index is -1.06. The first-order chi connectivity index (χ1) is 13.0. The van der Waals surface area contributed by atoms with E-state index in [1.807, 2.05) is 30.3 Å². The largest absolute Gasteiger partial charge is 0.325 e. The Labute approximate surface area is 165 Å². The number of rotatable bonds is 3. The van der Waals surface area contributed by atoms with E-state index in [9.17, 15) is 14.4 Å². The number of fused-ring (bicyclic) bond motifs is 2. The predicted octanol–water partition coefficient (Wildman–Crippen LogP) is 3.17. The molecule has 0 saturated carbocycles. The van der Waals surface area contributed by atoms with E-state index in [1.54, 1.807) is 18.2 Å². The van der Waals surface area contributed by atoms with Gasteiger partial charge in [-0.15, -0.1) is 0 Å². The second-order valence-electron chi connectivity index (χ2n) is 6.77. The molecule has 2 aromatic rings. The molecule has 7 heteroatoms. The van der Waals surface area contributed by atoms with Gasteiger partial charge in [-0.05, 0) is 58.5 Å². The number of aryl methyl sites for hydroxylation is 1. The van der Waals surface area contributed by atoms with Crippen LogP contribution in [-0.4, -0.2) is 29.3 Å². The molecule has 1 unspecified atom stereocenters. The molecule has 0 radical (unpaired) electrons. The highest BCUT2D eigenvalue weighted by Crippen LogP contribution is 2.39. The number of nitrogens with zero attached hydrogens (tertiary/aromatic N) is 1. The van der Waals surface area contributed by atoms with Gasteiger partial charge in [0.25, 0.3) is 5.91 Å². The summed E-state index contributed by atoms with van der Waals surface area (Å²) in [5, 5.41) is 5.58. The van der Waals surface area contributed by atoms with Gasteiger partial charge in [-0.2, -0.15) is 0 Å². The Kier molecular flexibility index (Phi) is 4.47. The zero-order chi connectivity index (χ0) is 19.0. The van der Waals surface area contributed by atoms with Crippen LogP contribution >= 0.6 is 15.9 Å². The van der Waals surface area contributed by atoms with E-state index >= 15 is 0 Å². The van der Waals surface area contributed by atoms with E-state index in [0.29, 0.717) is 12.1 Å². The molecule has 2 aliphatic rings. The number of carbonyl (C=O) groups excluding carboxylic acids is 3. The van der Waals surface area contributed by atoms with Gasteiger partial charge in [-0.3, -0.25) is 14.5 Å². The lowest BCUT2D eigenvalue weighted by Crippen LogP contribution is -2.47. The van der Waals surface area contributed by atoms with Crippen molar-refractivity contribution in [3.8, 4) is 0 Å². The van der Waals surface area contributed by atoms with Crippen molar-refractivity contribution in [2.45, 2.75) is 24.8 Å². The van der Waals surface area contributed by atoms with Crippen LogP contribution in [0.1, 0.15) is 24.0 Å². The van der Waals surface area contributed by atoms with Gasteiger partial charge < -0.3 is 10.6 Å². The molecular weight excluding hydrogens is 410 g/mol. The van der Waals surface area contributed by atoms with Gasteiger partial charge in [0.2, 0.25) is 5.91 Å². The summed E-state index contributed by atoms with van der Waals surface area (Å²) in [6.07, 6.45) is 2.22. The Morgan fingerprint density at radius 3 is 2.70 bits per heavy atom. The van der Waals surface area contributed by atoms with Gasteiger partial charge in [0, 0.05) is 4.47 Å². The Balaban J connectivity index is 1.56. The highest BCUT2D eigenvalue weighted by molar-refractivity contribution is 9.10. The Morgan fingerprint density at radius 2 is 1.89 bits per heavy atom. The van der Waals surface area contributed by atoms with Crippen LogP contribution in [0.25, 0.3) is 0 Å². The average Bonchev–Trinajstić information content (AvgIpc) is 2.89. The van der Waals surface area contributed by atoms with E-state index in [1.165, 1.54) is 0 Å². The number of urea groups is 1. The van der Waals surface area contributed by atoms with Crippen LogP contribution in [0.15, 0.2) is 53.0 Å². The summed E-state index contributed by atoms with van der Waals surface area (Å²) in [7, 11) is 0. The number of halogens is 1. The second kappa shape index (κ2) is 6.81. The van der Waals surface area contributed by atoms with Crippen molar-refractivity contribution in [2.24, 2.45) is 0 Å². The Bertz CT molecular complexity index is 946. The zero-order valence-corrected chi connectivity index (χ0v) is 16.1. The fraction of sp³-hybridized carbons (Fsp3) is 0.250. The molecule has 2 aromatic carbocycles. The first kappa shape index (κ1) is 17.7. The van der Waals surface area contributed by atoms with Crippen LogP contribution in [0.2, 0.25) is 0 Å². The molecule has 2 N–H and O–H groups in total. The van der Waals surface area contributed by atoms with Gasteiger partial charge in [-0.25, -0.2) is 4.79 Å². The van der Waals surface area contributed by atoms with Crippen LogP contribution in [0.5, 0.6) is 0 Å². The number of benzene rings is 2. The average molecular weight is 428 g/mol. The number of nitrogens with one attached hydrogen (secondary N) is 2. The molecule has 1 aliphatic carbocycles. The fourth-order valence-electron chi connectivity index (χ4n) is 3.85. The molecule has 1 heterocycles. The number of hydrogen-bond acceptors (Lipinski definition) is 3. The minimum absolute atomic E-state index is 0.323. The van der Waals surface area contributed by atoms with E-state index in [-0.39, 0.29) is 12.5 Å². The van der Waals surface area contributed by atoms with Gasteiger partial charge in [-0.1, -0.05) is 36.4 Å². The molecule has 1 fully saturated rings. The molecule has 6 nitrogen and oxygen atoms in total. The van der Waals surface area contributed by atoms with Gasteiger partial charge in [0.15, 0.2) is 0 Å². The van der Waals surface area contributed by atoms with Gasteiger partial charge in [0.05, 0.1) is 5.69 Å². The highest BCUT2D eigenvalue weighted by atomic mass is 79.9. The third kappa shape index (κ3) is 3.02. The summed E-state index contributed by atoms with van der Waals surface area (Å²) in [6.45, 7) is -0.323. The number of hydrogen-bond donors (Lipinski definition) is 2. The maximum atomic E-state index is 13.2. The topological polar surface area (TPSA) is 78.5 Å². The van der Waals surface area contributed by atoms with Crippen molar-refractivity contribution in [1.82, 2.24) is 10.2 Å². The van der Waals surface area contributed by atoms with Crippen LogP contribution in [0.4, 0.5) is 10.5 Å². The summed E-state index contributed by atoms with van der Waals surface area (Å²) in [4.78, 5) is 39.1. The third-order valence-electron chi connectivity index (χ3n) is 5.10. The second-order valence-corrected chi connectivity index (χ2v) is 7.62. The van der Waals surface area contributed by atoms with Crippen LogP contribution < -0.4 is 10.6 Å². The summed E-state index contributed by atoms with van der Waals surface area (Å²) in [5.41, 5.74) is 1.44. The monoisotopic (exact) mass is 427 g/mol. The van der Waals surface area contributed by atoms with Crippen molar-refractivity contribution >= 4 is 39.5 Å². The van der Waals surface area contributed by atoms with E-state index in [2.05, 4.69) is 26.6 Å². The molecule has 0 bridgehead atoms. The number of carbonyl (C=O) groups is 3. The van der Waals surface area contributed by atoms with Gasteiger partial charge in [0.1, 0.15) is 12.1 Å². The lowest BCUT2D eigenvalue weighted by atomic mass is 9.76. The SMILES string of the molecule is O=C(CN1C(=O)NC2(CCCc3ccccc32)C1=O)Nc1ccccc1Br. The van der Waals surface area contributed by atoms with Crippen LogP contribution in [-0.2, 0) is 21.5 Å². The van der Waals surface area contributed by atoms with Crippen LogP contribution in [0.3, 0.4) is 0 Å². The molecule has 4 rings (SSSR count). The smallest absolute Gasteiger partial charge is 0.324 e. The Hall–Kier alpha value is -2.67. The number of amides is 4. The van der Waals surface area contributed by atoms with E-state index in [4.69, 9.17) is 0 Å². The summed E-state index contributed by atoms with van der Waals surface area (Å²) >= 11 is 3.36. The van der Waals surface area contributed by atoms with E-state index < -0.39 is 17.5 Å². The van der Waals surface area contributed by atoms with Gasteiger partial charge >= 0.3 is 6.03 Å². The lowest BCUT2D eigenvalue weighted by Gasteiger charge is -2.33. The number of para-hydroxylation sites is 1. The highest BCUT2D eigenvalue weighted by Gasteiger charge is 2.54. The van der Waals surface area contributed by atoms with Crippen molar-refractivity contribution < 1.29 is 14.4 Å². The molecule has 27 heavy (non-hydrogen) atoms. The van der Waals surface area contributed by atoms with Crippen molar-refractivity contribution in [3.05, 3.63) is 64.1 Å². The predicted molar refractivity (Wildman–Crippen MR) is 104 cm³/mol. The van der Waals surface area contributed by atoms with Crippen molar-refractivity contribution in [1.29, 1.82) is 0 Å². The third-order valence-corrected chi connectivity index (χ3v) is 5.79. The standard InChI is InChI=1S/C20H18BrN3O3/c21-15-9-3-4-10-16(15)22-17(25)12-24-18(26)20(23-19(24)27)11-5-7-13-6-1-2-8-14(13)20/h1-4,6,8-10H,5,7,11-12H2,(H,22,25)(H,23,27). The Morgan fingerprint density at radius 1 is 1.15 bits per heavy atom. The summed E-state index contributed by atoms with van der Waals surface area (Å²) in [5.74, 6) is -0.784. The summed E-state index contributed by atoms with van der Waals surface area (Å²) in [6, 6.07) is 14.3. The molecule has 1 saturated heterocycles. The molecular formula is C20H18BrN3O3. The zero-order valence-electron chi connectivity index (χ0n) is 14.5. The quantitative estimate of drug-likeness (QED) is 0.738. The van der Waals surface area contributed by atoms with Crippen molar-refractivity contribution in [2.75, 3.05) is 11.9 Å². The molecule has 1 spiro atoms. The maximum Gasteiger partial charge on any atom is 0.325 e. The van der Waals surface area contributed by atoms with Crippen molar-refractivity contribution in [3.63, 3.8) is 0 Å². The normalized spacial score (nSPS) is 21.1. The summed E-state index contributed by atoms with van der Waals surface area (Å²) < 4.78 is 0.730. The number of anilines is 1. The molecule has 1 atom stereocenters.